The Morgan fingerprint density at radius 1 is 1.64 bits per heavy atom. The number of aromatic nitrogens is 3. The van der Waals surface area contributed by atoms with Crippen molar-refractivity contribution in [1.29, 1.82) is 0 Å². The van der Waals surface area contributed by atoms with Gasteiger partial charge >= 0.3 is 5.97 Å². The minimum Gasteiger partial charge on any atom is -0.481 e. The largest absolute Gasteiger partial charge is 0.481 e. The summed E-state index contributed by atoms with van der Waals surface area (Å²) in [5, 5.41) is 16.8. The Morgan fingerprint density at radius 2 is 2.43 bits per heavy atom. The highest BCUT2D eigenvalue weighted by atomic mass is 16.4. The molecule has 0 spiro atoms. The molecule has 0 radical (unpaired) electrons. The van der Waals surface area contributed by atoms with E-state index in [-0.39, 0.29) is 11.8 Å². The molecule has 0 amide bonds. The van der Waals surface area contributed by atoms with Crippen molar-refractivity contribution in [2.75, 3.05) is 0 Å². The van der Waals surface area contributed by atoms with Crippen LogP contribution in [0.15, 0.2) is 6.33 Å². The lowest BCUT2D eigenvalue weighted by Crippen LogP contribution is -2.19. The molecule has 2 rings (SSSR count). The first-order valence-electron chi connectivity index (χ1n) is 4.77. The summed E-state index contributed by atoms with van der Waals surface area (Å²) in [4.78, 5) is 11.0. The van der Waals surface area contributed by atoms with Crippen LogP contribution >= 0.6 is 0 Å². The van der Waals surface area contributed by atoms with Crippen LogP contribution in [0.1, 0.15) is 31.0 Å². The molecule has 5 nitrogen and oxygen atoms in total. The second-order valence-electron chi connectivity index (χ2n) is 3.78. The summed E-state index contributed by atoms with van der Waals surface area (Å²) >= 11 is 0. The zero-order valence-corrected chi connectivity index (χ0v) is 8.05. The van der Waals surface area contributed by atoms with Crippen molar-refractivity contribution in [2.45, 2.75) is 25.2 Å². The molecule has 1 N–H and O–H groups in total. The minimum absolute atomic E-state index is 0.0417. The fraction of sp³-hybridized carbons (Fsp3) is 0.667. The molecule has 1 aliphatic carbocycles. The van der Waals surface area contributed by atoms with Crippen LogP contribution in [0, 0.1) is 5.92 Å². The van der Waals surface area contributed by atoms with Crippen LogP contribution < -0.4 is 0 Å². The van der Waals surface area contributed by atoms with Gasteiger partial charge in [-0.25, -0.2) is 0 Å². The molecule has 1 fully saturated rings. The SMILES string of the molecule is Cn1cnnc1[C@@H]1CCC[C@@H]1C(=O)O. The van der Waals surface area contributed by atoms with E-state index in [2.05, 4.69) is 10.2 Å². The first-order chi connectivity index (χ1) is 6.70. The van der Waals surface area contributed by atoms with E-state index in [1.807, 2.05) is 11.6 Å². The second kappa shape index (κ2) is 3.40. The van der Waals surface area contributed by atoms with Crippen LogP contribution in [-0.4, -0.2) is 25.8 Å². The summed E-state index contributed by atoms with van der Waals surface area (Å²) in [6.45, 7) is 0. The number of carbonyl (C=O) groups is 1. The monoisotopic (exact) mass is 195 g/mol. The number of hydrogen-bond acceptors (Lipinski definition) is 3. The topological polar surface area (TPSA) is 68.0 Å². The summed E-state index contributed by atoms with van der Waals surface area (Å²) in [5.41, 5.74) is 0. The molecule has 0 bridgehead atoms. The molecule has 1 heterocycles. The molecule has 76 valence electrons. The van der Waals surface area contributed by atoms with Crippen LogP contribution in [0.2, 0.25) is 0 Å². The zero-order valence-electron chi connectivity index (χ0n) is 8.05. The third-order valence-electron chi connectivity index (χ3n) is 2.91. The lowest BCUT2D eigenvalue weighted by molar-refractivity contribution is -0.142. The van der Waals surface area contributed by atoms with Gasteiger partial charge in [-0.15, -0.1) is 10.2 Å². The van der Waals surface area contributed by atoms with Crippen molar-refractivity contribution in [3.05, 3.63) is 12.2 Å². The highest BCUT2D eigenvalue weighted by Gasteiger charge is 2.36. The standard InChI is InChI=1S/C9H13N3O2/c1-12-5-10-11-8(12)6-3-2-4-7(6)9(13)14/h5-7H,2-4H2,1H3,(H,13,14)/t6-,7+/m1/s1. The molecule has 0 saturated heterocycles. The van der Waals surface area contributed by atoms with Crippen LogP contribution in [0.5, 0.6) is 0 Å². The van der Waals surface area contributed by atoms with Crippen molar-refractivity contribution < 1.29 is 9.90 Å². The Hall–Kier alpha value is -1.39. The Labute approximate surface area is 81.8 Å². The average Bonchev–Trinajstić information content (AvgIpc) is 2.70. The maximum Gasteiger partial charge on any atom is 0.307 e. The molecule has 1 aromatic heterocycles. The van der Waals surface area contributed by atoms with Gasteiger partial charge in [-0.1, -0.05) is 6.42 Å². The number of aryl methyl sites for hydroxylation is 1. The first-order valence-corrected chi connectivity index (χ1v) is 4.77. The number of hydrogen-bond donors (Lipinski definition) is 1. The average molecular weight is 195 g/mol. The maximum absolute atomic E-state index is 11.0. The molecular weight excluding hydrogens is 182 g/mol. The predicted octanol–water partition coefficient (Wildman–Crippen LogP) is 0.783. The lowest BCUT2D eigenvalue weighted by Gasteiger charge is -2.13. The Balaban J connectivity index is 2.26. The molecule has 1 aromatic rings. The van der Waals surface area contributed by atoms with Gasteiger partial charge in [0.15, 0.2) is 0 Å². The molecule has 0 unspecified atom stereocenters. The Kier molecular flexibility index (Phi) is 2.23. The summed E-state index contributed by atoms with van der Waals surface area (Å²) in [5.74, 6) is -0.150. The van der Waals surface area contributed by atoms with Gasteiger partial charge in [-0.2, -0.15) is 0 Å². The summed E-state index contributed by atoms with van der Waals surface area (Å²) in [6.07, 6.45) is 4.25. The van der Waals surface area contributed by atoms with E-state index in [4.69, 9.17) is 5.11 Å². The number of rotatable bonds is 2. The molecule has 2 atom stereocenters. The normalized spacial score (nSPS) is 26.6. The van der Waals surface area contributed by atoms with E-state index in [0.717, 1.165) is 25.1 Å². The van der Waals surface area contributed by atoms with E-state index in [9.17, 15) is 4.79 Å². The summed E-state index contributed by atoms with van der Waals surface area (Å²) in [6, 6.07) is 0. The molecule has 1 saturated carbocycles. The molecule has 0 aliphatic heterocycles. The van der Waals surface area contributed by atoms with Crippen molar-refractivity contribution >= 4 is 5.97 Å². The molecule has 14 heavy (non-hydrogen) atoms. The Bertz CT molecular complexity index is 348. The van der Waals surface area contributed by atoms with E-state index in [0.29, 0.717) is 0 Å². The molecule has 0 aromatic carbocycles. The fourth-order valence-corrected chi connectivity index (χ4v) is 2.19. The van der Waals surface area contributed by atoms with Crippen molar-refractivity contribution in [3.8, 4) is 0 Å². The van der Waals surface area contributed by atoms with Gasteiger partial charge in [0.05, 0.1) is 5.92 Å². The van der Waals surface area contributed by atoms with Gasteiger partial charge in [0.2, 0.25) is 0 Å². The van der Waals surface area contributed by atoms with Gasteiger partial charge in [-0.3, -0.25) is 4.79 Å². The zero-order chi connectivity index (χ0) is 10.1. The van der Waals surface area contributed by atoms with Gasteiger partial charge in [0, 0.05) is 13.0 Å². The van der Waals surface area contributed by atoms with Crippen LogP contribution in [0.3, 0.4) is 0 Å². The first kappa shape index (κ1) is 9.18. The third kappa shape index (κ3) is 1.38. The summed E-state index contributed by atoms with van der Waals surface area (Å²) < 4.78 is 1.81. The Morgan fingerprint density at radius 3 is 3.00 bits per heavy atom. The van der Waals surface area contributed by atoms with E-state index in [1.165, 1.54) is 0 Å². The van der Waals surface area contributed by atoms with E-state index in [1.54, 1.807) is 6.33 Å². The van der Waals surface area contributed by atoms with Crippen LogP contribution in [-0.2, 0) is 11.8 Å². The second-order valence-corrected chi connectivity index (χ2v) is 3.78. The smallest absolute Gasteiger partial charge is 0.307 e. The van der Waals surface area contributed by atoms with Gasteiger partial charge < -0.3 is 9.67 Å². The van der Waals surface area contributed by atoms with Crippen molar-refractivity contribution in [1.82, 2.24) is 14.8 Å². The number of carboxylic acids is 1. The van der Waals surface area contributed by atoms with Crippen LogP contribution in [0.25, 0.3) is 0 Å². The molecular formula is C9H13N3O2. The predicted molar refractivity (Wildman–Crippen MR) is 48.7 cm³/mol. The van der Waals surface area contributed by atoms with E-state index < -0.39 is 5.97 Å². The van der Waals surface area contributed by atoms with Gasteiger partial charge in [0.1, 0.15) is 12.2 Å². The lowest BCUT2D eigenvalue weighted by atomic mass is 9.95. The van der Waals surface area contributed by atoms with Crippen molar-refractivity contribution in [3.63, 3.8) is 0 Å². The minimum atomic E-state index is -0.712. The van der Waals surface area contributed by atoms with E-state index >= 15 is 0 Å². The highest BCUT2D eigenvalue weighted by Crippen LogP contribution is 2.38. The summed E-state index contributed by atoms with van der Waals surface area (Å²) in [7, 11) is 1.85. The number of nitrogens with zero attached hydrogens (tertiary/aromatic N) is 3. The van der Waals surface area contributed by atoms with Gasteiger partial charge in [0.25, 0.3) is 0 Å². The molecule has 1 aliphatic rings. The van der Waals surface area contributed by atoms with Gasteiger partial charge in [-0.05, 0) is 12.8 Å². The number of aliphatic carboxylic acids is 1. The van der Waals surface area contributed by atoms with Crippen molar-refractivity contribution in [2.24, 2.45) is 13.0 Å². The third-order valence-corrected chi connectivity index (χ3v) is 2.91. The quantitative estimate of drug-likeness (QED) is 0.757. The fourth-order valence-electron chi connectivity index (χ4n) is 2.19. The highest BCUT2D eigenvalue weighted by molar-refractivity contribution is 5.71. The van der Waals surface area contributed by atoms with Crippen LogP contribution in [0.4, 0.5) is 0 Å². The maximum atomic E-state index is 11.0. The number of carboxylic acid groups (broad SMARTS) is 1. The molecule has 5 heteroatoms.